The highest BCUT2D eigenvalue weighted by atomic mass is 35.5. The van der Waals surface area contributed by atoms with Crippen LogP contribution >= 0.6 is 23.2 Å². The molecule has 0 unspecified atom stereocenters. The number of hydrogen-bond acceptors (Lipinski definition) is 4. The van der Waals surface area contributed by atoms with Gasteiger partial charge in [-0.05, 0) is 30.5 Å². The maximum Gasteiger partial charge on any atom is 0.212 e. The maximum absolute atomic E-state index is 6.11. The number of halogens is 2. The van der Waals surface area contributed by atoms with Crippen LogP contribution in [0.5, 0.6) is 0 Å². The van der Waals surface area contributed by atoms with Gasteiger partial charge in [0.2, 0.25) is 11.8 Å². The predicted octanol–water partition coefficient (Wildman–Crippen LogP) is 4.42. The molecule has 2 atom stereocenters. The standard InChI is InChI=1S/C17H22Cl2N2O2/c1-10(2)14-15(22-4)21-17(3,16(20-14)23-5)9-11-6-7-12(18)13(19)8-11/h6-8,10,14H,9H2,1-5H3/t14-,17+/m1/s1. The lowest BCUT2D eigenvalue weighted by atomic mass is 9.90. The van der Waals surface area contributed by atoms with E-state index in [1.165, 1.54) is 0 Å². The summed E-state index contributed by atoms with van der Waals surface area (Å²) in [5.74, 6) is 1.50. The van der Waals surface area contributed by atoms with Gasteiger partial charge in [0.15, 0.2) is 0 Å². The van der Waals surface area contributed by atoms with Gasteiger partial charge in [0.05, 0.1) is 24.3 Å². The van der Waals surface area contributed by atoms with Crippen molar-refractivity contribution < 1.29 is 9.47 Å². The molecular weight excluding hydrogens is 335 g/mol. The summed E-state index contributed by atoms with van der Waals surface area (Å²) in [5, 5.41) is 1.06. The van der Waals surface area contributed by atoms with Crippen LogP contribution in [0.25, 0.3) is 0 Å². The third kappa shape index (κ3) is 3.81. The minimum atomic E-state index is -0.636. The molecule has 0 radical (unpaired) electrons. The van der Waals surface area contributed by atoms with E-state index in [1.54, 1.807) is 20.3 Å². The van der Waals surface area contributed by atoms with Crippen molar-refractivity contribution >= 4 is 35.0 Å². The first-order valence-electron chi connectivity index (χ1n) is 7.50. The summed E-state index contributed by atoms with van der Waals surface area (Å²) in [7, 11) is 3.25. The van der Waals surface area contributed by atoms with Crippen LogP contribution in [0.2, 0.25) is 10.0 Å². The summed E-state index contributed by atoms with van der Waals surface area (Å²) in [4.78, 5) is 9.52. The lowest BCUT2D eigenvalue weighted by molar-refractivity contribution is 0.310. The van der Waals surface area contributed by atoms with Gasteiger partial charge in [-0.1, -0.05) is 43.1 Å². The summed E-state index contributed by atoms with van der Waals surface area (Å²) in [6.07, 6.45) is 0.592. The Labute approximate surface area is 147 Å². The van der Waals surface area contributed by atoms with Gasteiger partial charge in [0.1, 0.15) is 11.6 Å². The van der Waals surface area contributed by atoms with Crippen molar-refractivity contribution in [3.8, 4) is 0 Å². The summed E-state index contributed by atoms with van der Waals surface area (Å²) >= 11 is 12.1. The number of rotatable bonds is 3. The van der Waals surface area contributed by atoms with Crippen molar-refractivity contribution in [2.75, 3.05) is 14.2 Å². The van der Waals surface area contributed by atoms with Crippen molar-refractivity contribution in [3.63, 3.8) is 0 Å². The van der Waals surface area contributed by atoms with Crippen LogP contribution in [-0.2, 0) is 15.9 Å². The Balaban J connectivity index is 2.39. The van der Waals surface area contributed by atoms with Gasteiger partial charge in [-0.3, -0.25) is 0 Å². The zero-order valence-electron chi connectivity index (χ0n) is 14.1. The first-order chi connectivity index (χ1) is 10.8. The Bertz CT molecular complexity index is 643. The van der Waals surface area contributed by atoms with Crippen molar-refractivity contribution in [1.29, 1.82) is 0 Å². The molecule has 1 aliphatic rings. The minimum absolute atomic E-state index is 0.128. The van der Waals surface area contributed by atoms with Gasteiger partial charge in [0, 0.05) is 6.42 Å². The zero-order chi connectivity index (χ0) is 17.2. The molecule has 0 saturated heterocycles. The molecule has 23 heavy (non-hydrogen) atoms. The van der Waals surface area contributed by atoms with E-state index in [1.807, 2.05) is 19.1 Å². The average Bonchev–Trinajstić information content (AvgIpc) is 2.50. The van der Waals surface area contributed by atoms with Crippen molar-refractivity contribution in [2.45, 2.75) is 38.8 Å². The molecule has 0 spiro atoms. The number of nitrogens with zero attached hydrogens (tertiary/aromatic N) is 2. The monoisotopic (exact) mass is 356 g/mol. The molecule has 0 bridgehead atoms. The van der Waals surface area contributed by atoms with Gasteiger partial charge in [-0.2, -0.15) is 0 Å². The zero-order valence-corrected chi connectivity index (χ0v) is 15.6. The Kier molecular flexibility index (Phi) is 5.58. The molecule has 0 fully saturated rings. The molecular formula is C17H22Cl2N2O2. The predicted molar refractivity (Wildman–Crippen MR) is 96.1 cm³/mol. The second-order valence-corrected chi connectivity index (χ2v) is 6.99. The molecule has 4 nitrogen and oxygen atoms in total. The van der Waals surface area contributed by atoms with Crippen molar-refractivity contribution in [1.82, 2.24) is 0 Å². The summed E-state index contributed by atoms with van der Waals surface area (Å²) in [5.41, 5.74) is 0.372. The highest BCUT2D eigenvalue weighted by molar-refractivity contribution is 6.42. The largest absolute Gasteiger partial charge is 0.483 e. The molecule has 126 valence electrons. The molecule has 0 amide bonds. The van der Waals surface area contributed by atoms with E-state index >= 15 is 0 Å². The average molecular weight is 357 g/mol. The number of hydrogen-bond donors (Lipinski definition) is 0. The number of methoxy groups -OCH3 is 2. The number of aliphatic imine (C=N–C) groups is 2. The second-order valence-electron chi connectivity index (χ2n) is 6.18. The van der Waals surface area contributed by atoms with Crippen LogP contribution in [0.15, 0.2) is 28.2 Å². The van der Waals surface area contributed by atoms with Crippen LogP contribution in [0.1, 0.15) is 26.3 Å². The SMILES string of the molecule is COC1=N[C@@](C)(Cc2ccc(Cl)c(Cl)c2)C(OC)=N[C@@H]1C(C)C. The maximum atomic E-state index is 6.11. The quantitative estimate of drug-likeness (QED) is 0.804. The van der Waals surface area contributed by atoms with Crippen molar-refractivity contribution in [2.24, 2.45) is 15.9 Å². The van der Waals surface area contributed by atoms with Crippen molar-refractivity contribution in [3.05, 3.63) is 33.8 Å². The molecule has 2 rings (SSSR count). The Morgan fingerprint density at radius 3 is 2.39 bits per heavy atom. The molecule has 1 heterocycles. The van der Waals surface area contributed by atoms with Gasteiger partial charge in [-0.15, -0.1) is 0 Å². The number of ether oxygens (including phenoxy) is 2. The lowest BCUT2D eigenvalue weighted by Gasteiger charge is -2.33. The van der Waals surface area contributed by atoms with E-state index < -0.39 is 5.54 Å². The normalized spacial score (nSPS) is 24.3. The van der Waals surface area contributed by atoms with E-state index in [-0.39, 0.29) is 12.0 Å². The van der Waals surface area contributed by atoms with Crippen LogP contribution < -0.4 is 0 Å². The Morgan fingerprint density at radius 2 is 1.87 bits per heavy atom. The fraction of sp³-hybridized carbons (Fsp3) is 0.529. The van der Waals surface area contributed by atoms with Crippen LogP contribution in [0.4, 0.5) is 0 Å². The summed E-state index contributed by atoms with van der Waals surface area (Å²) < 4.78 is 11.0. The third-order valence-electron chi connectivity index (χ3n) is 3.89. The molecule has 1 aromatic rings. The Hall–Kier alpha value is -1.26. The fourth-order valence-electron chi connectivity index (χ4n) is 2.71. The first-order valence-corrected chi connectivity index (χ1v) is 8.26. The summed E-state index contributed by atoms with van der Waals surface area (Å²) in [6.45, 7) is 6.14. The van der Waals surface area contributed by atoms with E-state index in [4.69, 9.17) is 42.7 Å². The molecule has 0 N–H and O–H groups in total. The highest BCUT2D eigenvalue weighted by Crippen LogP contribution is 2.30. The van der Waals surface area contributed by atoms with Crippen LogP contribution in [-0.4, -0.2) is 37.6 Å². The molecule has 6 heteroatoms. The minimum Gasteiger partial charge on any atom is -0.483 e. The topological polar surface area (TPSA) is 43.2 Å². The van der Waals surface area contributed by atoms with Gasteiger partial charge >= 0.3 is 0 Å². The smallest absolute Gasteiger partial charge is 0.212 e. The molecule has 0 saturated carbocycles. The molecule has 0 aromatic heterocycles. The molecule has 1 aliphatic heterocycles. The highest BCUT2D eigenvalue weighted by Gasteiger charge is 2.39. The molecule has 0 aliphatic carbocycles. The summed E-state index contributed by atoms with van der Waals surface area (Å²) in [6, 6.07) is 5.44. The van der Waals surface area contributed by atoms with Gasteiger partial charge in [-0.25, -0.2) is 9.98 Å². The first kappa shape index (κ1) is 18.1. The van der Waals surface area contributed by atoms with Gasteiger partial charge in [0.25, 0.3) is 0 Å². The van der Waals surface area contributed by atoms with E-state index in [2.05, 4.69) is 13.8 Å². The van der Waals surface area contributed by atoms with E-state index in [0.29, 0.717) is 28.3 Å². The fourth-order valence-corrected chi connectivity index (χ4v) is 3.03. The number of benzene rings is 1. The van der Waals surface area contributed by atoms with E-state index in [0.717, 1.165) is 5.56 Å². The molecule has 1 aromatic carbocycles. The van der Waals surface area contributed by atoms with Gasteiger partial charge < -0.3 is 9.47 Å². The lowest BCUT2D eigenvalue weighted by Crippen LogP contribution is -2.46. The van der Waals surface area contributed by atoms with Crippen LogP contribution in [0, 0.1) is 5.92 Å². The van der Waals surface area contributed by atoms with E-state index in [9.17, 15) is 0 Å². The van der Waals surface area contributed by atoms with Crippen LogP contribution in [0.3, 0.4) is 0 Å². The second kappa shape index (κ2) is 7.10. The third-order valence-corrected chi connectivity index (χ3v) is 4.63. The Morgan fingerprint density at radius 1 is 1.17 bits per heavy atom.